The van der Waals surface area contributed by atoms with E-state index in [1.807, 2.05) is 13.8 Å². The van der Waals surface area contributed by atoms with Crippen LogP contribution in [0.5, 0.6) is 0 Å². The lowest BCUT2D eigenvalue weighted by Gasteiger charge is -2.13. The van der Waals surface area contributed by atoms with Crippen LogP contribution in [0.15, 0.2) is 24.3 Å². The molecule has 0 aromatic heterocycles. The fourth-order valence-electron chi connectivity index (χ4n) is 2.56. The fraction of sp³-hybridized carbons (Fsp3) is 0.600. The highest BCUT2D eigenvalue weighted by atomic mass is 28.3. The van der Waals surface area contributed by atoms with Gasteiger partial charge in [-0.1, -0.05) is 31.2 Å². The first-order valence-electron chi connectivity index (χ1n) is 10.0. The number of rotatable bonds is 12. The van der Waals surface area contributed by atoms with Crippen LogP contribution in [0.3, 0.4) is 0 Å². The Morgan fingerprint density at radius 3 is 1.64 bits per heavy atom. The van der Waals surface area contributed by atoms with Gasteiger partial charge in [0, 0.05) is 11.5 Å². The molecule has 1 aromatic rings. The second-order valence-corrected chi connectivity index (χ2v) is 14.6. The molecule has 0 saturated carbocycles. The largest absolute Gasteiger partial charge is 0.462 e. The van der Waals surface area contributed by atoms with E-state index in [-0.39, 0.29) is 11.5 Å². The van der Waals surface area contributed by atoms with Crippen molar-refractivity contribution < 1.29 is 29.3 Å². The van der Waals surface area contributed by atoms with Gasteiger partial charge in [-0.3, -0.25) is 0 Å². The van der Waals surface area contributed by atoms with E-state index in [9.17, 15) is 19.8 Å². The van der Waals surface area contributed by atoms with Crippen LogP contribution in [0.4, 0.5) is 0 Å². The minimum Gasteiger partial charge on any atom is -0.462 e. The van der Waals surface area contributed by atoms with Crippen LogP contribution in [0.25, 0.3) is 0 Å². The van der Waals surface area contributed by atoms with E-state index >= 15 is 0 Å². The average Bonchev–Trinajstić information content (AvgIpc) is 2.67. The third-order valence-corrected chi connectivity index (χ3v) is 11.0. The van der Waals surface area contributed by atoms with E-state index in [1.54, 1.807) is 18.2 Å². The molecule has 28 heavy (non-hydrogen) atoms. The second-order valence-electron chi connectivity index (χ2n) is 7.57. The van der Waals surface area contributed by atoms with Gasteiger partial charge < -0.3 is 19.7 Å². The molecule has 0 amide bonds. The van der Waals surface area contributed by atoms with Gasteiger partial charge in [-0.15, -0.1) is 0 Å². The number of benzene rings is 1. The first-order chi connectivity index (χ1) is 13.2. The van der Waals surface area contributed by atoms with E-state index in [1.165, 1.54) is 6.07 Å². The molecule has 2 N–H and O–H groups in total. The van der Waals surface area contributed by atoms with E-state index < -0.39 is 29.5 Å². The molecule has 1 rings (SSSR count). The van der Waals surface area contributed by atoms with Gasteiger partial charge in [-0.05, 0) is 44.9 Å². The lowest BCUT2D eigenvalue weighted by atomic mass is 10.1. The summed E-state index contributed by atoms with van der Waals surface area (Å²) in [4.78, 5) is 24.3. The average molecular weight is 427 g/mol. The summed E-state index contributed by atoms with van der Waals surface area (Å²) in [5.74, 6) is -0.921. The van der Waals surface area contributed by atoms with Gasteiger partial charge in [-0.25, -0.2) is 9.59 Å². The Hall–Kier alpha value is -1.49. The normalized spacial score (nSPS) is 15.4. The molecule has 0 aliphatic carbocycles. The van der Waals surface area contributed by atoms with Crippen LogP contribution in [-0.4, -0.2) is 64.4 Å². The van der Waals surface area contributed by atoms with Crippen molar-refractivity contribution in [1.29, 1.82) is 0 Å². The molecule has 6 nitrogen and oxygen atoms in total. The Balaban J connectivity index is 2.43. The monoisotopic (exact) mass is 426 g/mol. The van der Waals surface area contributed by atoms with Gasteiger partial charge in [-0.2, -0.15) is 0 Å². The zero-order chi connectivity index (χ0) is 21.1. The van der Waals surface area contributed by atoms with Gasteiger partial charge in [0.2, 0.25) is 0 Å². The zero-order valence-corrected chi connectivity index (χ0v) is 19.7. The van der Waals surface area contributed by atoms with Crippen LogP contribution in [0.1, 0.15) is 47.4 Å². The summed E-state index contributed by atoms with van der Waals surface area (Å²) in [5, 5.41) is 19.0. The number of hydrogen-bond donors (Lipinski definition) is 2. The van der Waals surface area contributed by atoms with Crippen LogP contribution in [-0.2, 0) is 9.47 Å². The molecule has 8 heteroatoms. The molecule has 0 spiro atoms. The molecule has 158 valence electrons. The van der Waals surface area contributed by atoms with Crippen LogP contribution in [0.2, 0.25) is 25.2 Å². The molecule has 0 bridgehead atoms. The van der Waals surface area contributed by atoms with Gasteiger partial charge >= 0.3 is 11.9 Å². The molecule has 0 aliphatic rings. The summed E-state index contributed by atoms with van der Waals surface area (Å²) < 4.78 is 10.5. The number of ether oxygens (including phenoxy) is 2. The first kappa shape index (κ1) is 24.6. The number of hydrogen-bond acceptors (Lipinski definition) is 6. The highest BCUT2D eigenvalue weighted by Crippen LogP contribution is 2.11. The van der Waals surface area contributed by atoms with Crippen LogP contribution < -0.4 is 0 Å². The maximum absolute atomic E-state index is 12.2. The predicted octanol–water partition coefficient (Wildman–Crippen LogP) is 2.33. The molecule has 0 saturated heterocycles. The van der Waals surface area contributed by atoms with Crippen LogP contribution in [0, 0.1) is 0 Å². The molecule has 0 heterocycles. The molecule has 4 unspecified atom stereocenters. The molecular formula is C20H34O6Si2. The van der Waals surface area contributed by atoms with Crippen molar-refractivity contribution in [1.82, 2.24) is 0 Å². The Bertz CT molecular complexity index is 571. The summed E-state index contributed by atoms with van der Waals surface area (Å²) in [6, 6.07) is 8.18. The number of esters is 2. The number of aliphatic hydroxyl groups is 2. The fourth-order valence-corrected chi connectivity index (χ4v) is 5.15. The minimum atomic E-state index is -1.17. The zero-order valence-electron chi connectivity index (χ0n) is 17.4. The summed E-state index contributed by atoms with van der Waals surface area (Å²) >= 11 is 0. The first-order valence-corrected chi connectivity index (χ1v) is 15.3. The lowest BCUT2D eigenvalue weighted by molar-refractivity contribution is 0.0503. The van der Waals surface area contributed by atoms with Crippen molar-refractivity contribution in [3.63, 3.8) is 0 Å². The van der Waals surface area contributed by atoms with Crippen LogP contribution >= 0.6 is 0 Å². The van der Waals surface area contributed by atoms with Crippen molar-refractivity contribution in [3.05, 3.63) is 35.4 Å². The molecule has 0 aliphatic heterocycles. The third-order valence-electron chi connectivity index (χ3n) is 5.05. The Morgan fingerprint density at radius 2 is 1.29 bits per heavy atom. The molecule has 0 fully saturated rings. The Labute approximate surface area is 171 Å². The Kier molecular flexibility index (Phi) is 11.3. The van der Waals surface area contributed by atoms with Crippen molar-refractivity contribution in [2.75, 3.05) is 13.2 Å². The maximum Gasteiger partial charge on any atom is 0.338 e. The van der Waals surface area contributed by atoms with Crippen molar-refractivity contribution in [2.24, 2.45) is 0 Å². The van der Waals surface area contributed by atoms with E-state index in [0.717, 1.165) is 24.9 Å². The minimum absolute atomic E-state index is 0.240. The third kappa shape index (κ3) is 9.14. The summed E-state index contributed by atoms with van der Waals surface area (Å²) in [6.07, 6.45) is 1.47. The smallest absolute Gasteiger partial charge is 0.338 e. The Morgan fingerprint density at radius 1 is 0.893 bits per heavy atom. The van der Waals surface area contributed by atoms with Crippen molar-refractivity contribution in [2.45, 2.75) is 63.3 Å². The molecular weight excluding hydrogens is 392 g/mol. The van der Waals surface area contributed by atoms with Gasteiger partial charge in [0.25, 0.3) is 0 Å². The van der Waals surface area contributed by atoms with E-state index in [0.29, 0.717) is 24.3 Å². The topological polar surface area (TPSA) is 93.1 Å². The molecule has 1 aromatic carbocycles. The standard InChI is InChI=1S/C20H34O6Si2/c1-15(21)27(3)12-6-10-25-19(23)17-8-5-9-18(14-17)20(24)26-11-7-13-28(4)16(2)22/h5,8-9,14-16,21-22,27-28H,6-7,10-13H2,1-4H3. The van der Waals surface area contributed by atoms with Crippen molar-refractivity contribution in [3.8, 4) is 0 Å². The summed E-state index contributed by atoms with van der Waals surface area (Å²) in [5.41, 5.74) is 0.169. The maximum atomic E-state index is 12.2. The van der Waals surface area contributed by atoms with E-state index in [4.69, 9.17) is 9.47 Å². The number of aliphatic hydroxyl groups excluding tert-OH is 2. The number of carbonyl (C=O) groups excluding carboxylic acids is 2. The van der Waals surface area contributed by atoms with Gasteiger partial charge in [0.15, 0.2) is 0 Å². The van der Waals surface area contributed by atoms with Gasteiger partial charge in [0.1, 0.15) is 0 Å². The SMILES string of the molecule is CC(O)[SiH](C)CCCOC(=O)c1cccc(C(=O)OCCC[SiH](C)C(C)O)c1. The molecule has 4 atom stereocenters. The lowest BCUT2D eigenvalue weighted by Crippen LogP contribution is -2.24. The number of carbonyl (C=O) groups is 2. The van der Waals surface area contributed by atoms with Gasteiger partial charge in [0.05, 0.1) is 41.9 Å². The van der Waals surface area contributed by atoms with Crippen molar-refractivity contribution >= 4 is 29.5 Å². The predicted molar refractivity (Wildman–Crippen MR) is 115 cm³/mol. The highest BCUT2D eigenvalue weighted by Gasteiger charge is 2.15. The second kappa shape index (κ2) is 12.9. The van der Waals surface area contributed by atoms with E-state index in [2.05, 4.69) is 13.1 Å². The quantitative estimate of drug-likeness (QED) is 0.303. The highest BCUT2D eigenvalue weighted by molar-refractivity contribution is 6.58. The summed E-state index contributed by atoms with van der Waals surface area (Å²) in [7, 11) is -2.34. The summed E-state index contributed by atoms with van der Waals surface area (Å²) in [6.45, 7) is 8.42. The molecule has 0 radical (unpaired) electrons.